The van der Waals surface area contributed by atoms with Crippen LogP contribution in [0.1, 0.15) is 0 Å². The molecule has 0 unspecified atom stereocenters. The largest absolute Gasteiger partial charge is 0.395 e. The molecule has 0 aliphatic rings. The summed E-state index contributed by atoms with van der Waals surface area (Å²) in [6.45, 7) is 42.6. The van der Waals surface area contributed by atoms with Crippen LogP contribution < -0.4 is 5.32 Å². The number of aliphatic hydroxyl groups is 1. The second-order valence-corrected chi connectivity index (χ2v) is 31.8. The molecule has 0 aliphatic carbocycles. The summed E-state index contributed by atoms with van der Waals surface area (Å²) in [5.74, 6) is 1.29. The summed E-state index contributed by atoms with van der Waals surface area (Å²) in [6.07, 6.45) is 0. The number of nitrogens with one attached hydrogen (secondary N) is 1. The fourth-order valence-corrected chi connectivity index (χ4v) is 11.9. The molecule has 0 radical (unpaired) electrons. The molecule has 0 spiro atoms. The van der Waals surface area contributed by atoms with E-state index in [2.05, 4.69) is 5.32 Å². The van der Waals surface area contributed by atoms with Crippen LogP contribution in [0.15, 0.2) is 0 Å². The lowest BCUT2D eigenvalue weighted by atomic mass is 10.6. The van der Waals surface area contributed by atoms with Gasteiger partial charge in [0.1, 0.15) is 6.61 Å². The van der Waals surface area contributed by atoms with Crippen LogP contribution in [0.2, 0.25) is 0 Å². The first kappa shape index (κ1) is 143. The Labute approximate surface area is 871 Å². The lowest BCUT2D eigenvalue weighted by Crippen LogP contribution is -2.30. The van der Waals surface area contributed by atoms with Crippen LogP contribution in [-0.2, 0) is 218 Å². The van der Waals surface area contributed by atoms with Crippen molar-refractivity contribution < 1.29 is 223 Å². The molecule has 0 atom stereocenters. The molecule has 48 nitrogen and oxygen atoms in total. The SMILES string of the molecule is COCCOCCOCCOCCOCCOCCOCCOCCOCCOCCOCCOCCOCCOCCOCCOCCOCCOCCOCCOCCOCCOCCOCCOCCOCCOCCOCCOCCOCCOCCOCCOCCOCCOCCOCCOCCOCCOCCOCCOCCOCCOCCOCCOCCOCC(=O)NCCSSCCO. The fraction of sp³-hybridized carbons (Fsp3) is 0.989. The summed E-state index contributed by atoms with van der Waals surface area (Å²) in [7, 11) is 4.83. The van der Waals surface area contributed by atoms with Crippen LogP contribution in [0.4, 0.5) is 0 Å². The smallest absolute Gasteiger partial charge is 0.246 e. The van der Waals surface area contributed by atoms with E-state index < -0.39 is 0 Å². The Bertz CT molecular complexity index is 2090. The molecule has 0 saturated carbocycles. The van der Waals surface area contributed by atoms with Crippen molar-refractivity contribution in [1.29, 1.82) is 0 Å². The van der Waals surface area contributed by atoms with Gasteiger partial charge in [0.15, 0.2) is 0 Å². The van der Waals surface area contributed by atoms with Crippen LogP contribution >= 0.6 is 21.6 Å². The number of carbonyl (C=O) groups is 1. The lowest BCUT2D eigenvalue weighted by Gasteiger charge is -2.09. The van der Waals surface area contributed by atoms with E-state index in [0.717, 1.165) is 5.75 Å². The molecule has 145 heavy (non-hydrogen) atoms. The minimum Gasteiger partial charge on any atom is -0.395 e. The molecule has 50 heteroatoms. The van der Waals surface area contributed by atoms with E-state index >= 15 is 0 Å². The number of hydrogen-bond acceptors (Lipinski definition) is 49. The summed E-state index contributed by atoms with van der Waals surface area (Å²) in [6, 6.07) is 0. The van der Waals surface area contributed by atoms with Gasteiger partial charge in [-0.05, 0) is 0 Å². The Kier molecular flexibility index (Phi) is 139. The molecular weight excluding hydrogens is 1970 g/mol. The van der Waals surface area contributed by atoms with E-state index in [-0.39, 0.29) is 19.1 Å². The maximum absolute atomic E-state index is 11.7. The van der Waals surface area contributed by atoms with Crippen LogP contribution in [0, 0.1) is 0 Å². The Morgan fingerprint density at radius 3 is 0.331 bits per heavy atom. The number of carbonyl (C=O) groups excluding carboxylic acids is 1. The molecule has 0 aliphatic heterocycles. The number of amides is 1. The summed E-state index contributed by atoms with van der Waals surface area (Å²) in [5, 5.41) is 11.5. The highest BCUT2D eigenvalue weighted by Crippen LogP contribution is 2.19. The maximum Gasteiger partial charge on any atom is 0.246 e. The average Bonchev–Trinajstić information content (AvgIpc) is 1.03. The Morgan fingerprint density at radius 2 is 0.234 bits per heavy atom. The Balaban J connectivity index is 3.11. The summed E-state index contributed by atoms with van der Waals surface area (Å²) in [4.78, 5) is 11.7. The predicted molar refractivity (Wildman–Crippen MR) is 533 cm³/mol. The van der Waals surface area contributed by atoms with Gasteiger partial charge in [-0.1, -0.05) is 21.6 Å². The van der Waals surface area contributed by atoms with E-state index in [1.54, 1.807) is 28.7 Å². The maximum atomic E-state index is 11.7. The van der Waals surface area contributed by atoms with E-state index in [4.69, 9.17) is 218 Å². The third-order valence-electron chi connectivity index (χ3n) is 17.4. The van der Waals surface area contributed by atoms with Gasteiger partial charge in [0.05, 0.1) is 588 Å². The third-order valence-corrected chi connectivity index (χ3v) is 19.8. The summed E-state index contributed by atoms with van der Waals surface area (Å²) < 4.78 is 248. The first-order valence-corrected chi connectivity index (χ1v) is 53.8. The van der Waals surface area contributed by atoms with Gasteiger partial charge >= 0.3 is 0 Å². The third kappa shape index (κ3) is 140. The second kappa shape index (κ2) is 140. The highest BCUT2D eigenvalue weighted by molar-refractivity contribution is 8.76. The van der Waals surface area contributed by atoms with Crippen molar-refractivity contribution >= 4 is 27.5 Å². The predicted octanol–water partition coefficient (Wildman–Crippen LogP) is 0.853. The number of methoxy groups -OCH3 is 1. The number of hydrogen-bond donors (Lipinski definition) is 2. The Hall–Kier alpha value is -1.67. The van der Waals surface area contributed by atoms with Crippen molar-refractivity contribution in [3.05, 3.63) is 0 Å². The van der Waals surface area contributed by atoms with Gasteiger partial charge in [0.2, 0.25) is 5.91 Å². The molecule has 870 valence electrons. The minimum atomic E-state index is -0.159. The van der Waals surface area contributed by atoms with Gasteiger partial charge in [-0.3, -0.25) is 4.79 Å². The molecule has 0 heterocycles. The molecule has 1 amide bonds. The van der Waals surface area contributed by atoms with Gasteiger partial charge < -0.3 is 224 Å². The molecule has 0 fully saturated rings. The zero-order valence-electron chi connectivity index (χ0n) is 87.8. The van der Waals surface area contributed by atoms with Crippen LogP contribution in [0.5, 0.6) is 0 Å². The lowest BCUT2D eigenvalue weighted by molar-refractivity contribution is -0.126. The van der Waals surface area contributed by atoms with E-state index in [1.807, 2.05) is 0 Å². The topological polar surface area (TPSA) is 465 Å². The van der Waals surface area contributed by atoms with Gasteiger partial charge in [0, 0.05) is 25.2 Å². The zero-order chi connectivity index (χ0) is 103. The molecule has 0 aromatic heterocycles. The molecule has 0 bridgehead atoms. The Morgan fingerprint density at radius 1 is 0.145 bits per heavy atom. The fourth-order valence-electron chi connectivity index (χ4n) is 10.2. The normalized spacial score (nSPS) is 11.8. The van der Waals surface area contributed by atoms with Crippen molar-refractivity contribution in [1.82, 2.24) is 5.32 Å². The summed E-state index contributed by atoms with van der Waals surface area (Å²) >= 11 is 0. The number of aliphatic hydroxyl groups excluding tert-OH is 1. The van der Waals surface area contributed by atoms with Crippen molar-refractivity contribution in [2.24, 2.45) is 0 Å². The van der Waals surface area contributed by atoms with Crippen LogP contribution in [0.3, 0.4) is 0 Å². The van der Waals surface area contributed by atoms with Gasteiger partial charge in [-0.25, -0.2) is 0 Å². The molecule has 2 N–H and O–H groups in total. The van der Waals surface area contributed by atoms with E-state index in [1.165, 1.54) is 0 Å². The first-order valence-electron chi connectivity index (χ1n) is 51.3. The minimum absolute atomic E-state index is 0.000920. The zero-order valence-corrected chi connectivity index (χ0v) is 89.4. The molecule has 0 saturated heterocycles. The standard InChI is InChI=1S/C95H191NO47S2/c1-99-4-5-100-6-7-101-8-9-102-10-11-103-12-13-104-14-15-105-16-17-106-18-19-107-20-21-108-22-23-109-24-25-110-26-27-111-28-29-112-30-31-113-32-33-114-34-35-115-36-37-116-38-39-117-40-41-118-42-43-119-44-45-120-46-47-121-48-49-122-50-51-123-52-53-124-54-55-125-56-57-126-58-59-127-60-61-128-62-63-129-64-65-130-66-67-131-68-69-132-70-71-133-72-73-134-74-75-135-76-77-136-78-79-137-80-81-138-82-83-139-84-85-140-86-87-141-88-89-142-90-91-143-94-95(98)96-2-92-144-145-93-3-97/h97H,2-94H2,1H3,(H,96,98). The molecule has 0 rings (SSSR count). The molecule has 0 aromatic rings. The monoisotopic (exact) mass is 2160 g/mol. The quantitative estimate of drug-likeness (QED) is 0.0629. The van der Waals surface area contributed by atoms with Crippen molar-refractivity contribution in [2.45, 2.75) is 0 Å². The van der Waals surface area contributed by atoms with E-state index in [9.17, 15) is 4.79 Å². The first-order chi connectivity index (χ1) is 72.3. The van der Waals surface area contributed by atoms with Gasteiger partial charge in [0.25, 0.3) is 0 Å². The van der Waals surface area contributed by atoms with Crippen LogP contribution in [-0.4, -0.2) is 631 Å². The molecule has 0 aromatic carbocycles. The van der Waals surface area contributed by atoms with Crippen molar-refractivity contribution in [3.63, 3.8) is 0 Å². The van der Waals surface area contributed by atoms with Gasteiger partial charge in [-0.15, -0.1) is 0 Å². The summed E-state index contributed by atoms with van der Waals surface area (Å²) in [5.41, 5.74) is 0. The van der Waals surface area contributed by atoms with Crippen LogP contribution in [0.25, 0.3) is 0 Å². The molecular formula is C95H191NO47S2. The average molecular weight is 2160 g/mol. The van der Waals surface area contributed by atoms with Gasteiger partial charge in [-0.2, -0.15) is 0 Å². The number of ether oxygens (including phenoxy) is 45. The van der Waals surface area contributed by atoms with Crippen molar-refractivity contribution in [3.8, 4) is 0 Å². The number of rotatable bonds is 140. The highest BCUT2D eigenvalue weighted by Gasteiger charge is 2.08. The van der Waals surface area contributed by atoms with E-state index in [0.29, 0.717) is 594 Å². The second-order valence-electron chi connectivity index (χ2n) is 29.1. The highest BCUT2D eigenvalue weighted by atomic mass is 33.1. The van der Waals surface area contributed by atoms with Crippen molar-refractivity contribution in [2.75, 3.05) is 620 Å².